The number of nitriles is 1. The van der Waals surface area contributed by atoms with Crippen molar-refractivity contribution in [1.82, 2.24) is 4.57 Å². The van der Waals surface area contributed by atoms with Crippen molar-refractivity contribution in [2.45, 2.75) is 18.8 Å². The Kier molecular flexibility index (Phi) is 5.07. The number of benzene rings is 2. The summed E-state index contributed by atoms with van der Waals surface area (Å²) in [6.45, 7) is -0.293. The van der Waals surface area contributed by atoms with E-state index in [1.54, 1.807) is 12.1 Å². The van der Waals surface area contributed by atoms with Crippen LogP contribution in [0.25, 0.3) is 10.9 Å². The average Bonchev–Trinajstić information content (AvgIpc) is 3.05. The largest absolute Gasteiger partial charge is 0.417 e. The van der Waals surface area contributed by atoms with E-state index in [0.29, 0.717) is 11.5 Å². The third-order valence-corrected chi connectivity index (χ3v) is 4.12. The maximum Gasteiger partial charge on any atom is 0.417 e. The van der Waals surface area contributed by atoms with Gasteiger partial charge in [-0.25, -0.2) is 4.39 Å². The SMILES string of the molecule is N#Cc1ccc(NC(=O)C(O)Cn2ccc3cccc(F)c32)cc1C(F)(F)F. The van der Waals surface area contributed by atoms with Gasteiger partial charge < -0.3 is 15.0 Å². The molecule has 0 aliphatic rings. The maximum absolute atomic E-state index is 14.0. The Bertz CT molecular complexity index is 1080. The van der Waals surface area contributed by atoms with Crippen LogP contribution in [0.2, 0.25) is 0 Å². The lowest BCUT2D eigenvalue weighted by molar-refractivity contribution is -0.137. The van der Waals surface area contributed by atoms with Crippen LogP contribution in [0.5, 0.6) is 0 Å². The van der Waals surface area contributed by atoms with Crippen molar-refractivity contribution >= 4 is 22.5 Å². The van der Waals surface area contributed by atoms with Crippen molar-refractivity contribution in [2.75, 3.05) is 5.32 Å². The molecule has 0 fully saturated rings. The molecular formula is C19H13F4N3O2. The third-order valence-electron chi connectivity index (χ3n) is 4.12. The van der Waals surface area contributed by atoms with Gasteiger partial charge in [-0.05, 0) is 30.3 Å². The predicted octanol–water partition coefficient (Wildman–Crippen LogP) is 3.67. The molecule has 0 aliphatic carbocycles. The van der Waals surface area contributed by atoms with Gasteiger partial charge in [0.2, 0.25) is 0 Å². The zero-order valence-electron chi connectivity index (χ0n) is 14.2. The van der Waals surface area contributed by atoms with Gasteiger partial charge in [0.25, 0.3) is 5.91 Å². The number of amides is 1. The van der Waals surface area contributed by atoms with Crippen LogP contribution in [0.4, 0.5) is 23.2 Å². The highest BCUT2D eigenvalue weighted by molar-refractivity contribution is 5.94. The topological polar surface area (TPSA) is 78.1 Å². The molecule has 0 bridgehead atoms. The van der Waals surface area contributed by atoms with Gasteiger partial charge in [-0.3, -0.25) is 4.79 Å². The third kappa shape index (κ3) is 3.82. The maximum atomic E-state index is 14.0. The molecule has 28 heavy (non-hydrogen) atoms. The number of nitrogens with one attached hydrogen (secondary N) is 1. The quantitative estimate of drug-likeness (QED) is 0.666. The number of aliphatic hydroxyl groups excluding tert-OH is 1. The van der Waals surface area contributed by atoms with Crippen LogP contribution in [0, 0.1) is 17.1 Å². The Morgan fingerprint density at radius 3 is 2.68 bits per heavy atom. The molecular weight excluding hydrogens is 378 g/mol. The zero-order valence-corrected chi connectivity index (χ0v) is 14.2. The van der Waals surface area contributed by atoms with Crippen molar-refractivity contribution in [2.24, 2.45) is 0 Å². The second kappa shape index (κ2) is 7.32. The Morgan fingerprint density at radius 2 is 2.00 bits per heavy atom. The summed E-state index contributed by atoms with van der Waals surface area (Å²) < 4.78 is 54.3. The molecule has 2 aromatic carbocycles. The van der Waals surface area contributed by atoms with E-state index in [2.05, 4.69) is 5.32 Å². The van der Waals surface area contributed by atoms with Crippen LogP contribution >= 0.6 is 0 Å². The summed E-state index contributed by atoms with van der Waals surface area (Å²) in [7, 11) is 0. The summed E-state index contributed by atoms with van der Waals surface area (Å²) in [5.74, 6) is -1.49. The fourth-order valence-corrected chi connectivity index (χ4v) is 2.82. The van der Waals surface area contributed by atoms with E-state index in [-0.39, 0.29) is 17.7 Å². The molecule has 1 atom stereocenters. The number of fused-ring (bicyclic) bond motifs is 1. The number of carbonyl (C=O) groups is 1. The fourth-order valence-electron chi connectivity index (χ4n) is 2.82. The summed E-state index contributed by atoms with van der Waals surface area (Å²) >= 11 is 0. The van der Waals surface area contributed by atoms with E-state index >= 15 is 0 Å². The number of nitrogens with zero attached hydrogens (tertiary/aromatic N) is 2. The number of alkyl halides is 3. The first-order valence-electron chi connectivity index (χ1n) is 8.04. The minimum atomic E-state index is -4.77. The van der Waals surface area contributed by atoms with E-state index in [1.165, 1.54) is 29.0 Å². The lowest BCUT2D eigenvalue weighted by Gasteiger charge is -2.15. The molecule has 0 aliphatic heterocycles. The molecule has 0 radical (unpaired) electrons. The van der Waals surface area contributed by atoms with Crippen molar-refractivity contribution in [1.29, 1.82) is 5.26 Å². The predicted molar refractivity (Wildman–Crippen MR) is 92.7 cm³/mol. The van der Waals surface area contributed by atoms with Crippen LogP contribution in [0.3, 0.4) is 0 Å². The monoisotopic (exact) mass is 391 g/mol. The molecule has 0 saturated carbocycles. The van der Waals surface area contributed by atoms with Gasteiger partial charge in [-0.2, -0.15) is 18.4 Å². The molecule has 1 heterocycles. The average molecular weight is 391 g/mol. The van der Waals surface area contributed by atoms with Gasteiger partial charge in [0.05, 0.1) is 29.3 Å². The molecule has 1 unspecified atom stereocenters. The first kappa shape index (κ1) is 19.4. The summed E-state index contributed by atoms with van der Waals surface area (Å²) in [5.41, 5.74) is -1.80. The minimum Gasteiger partial charge on any atom is -0.381 e. The molecule has 0 spiro atoms. The number of aliphatic hydroxyl groups is 1. The highest BCUT2D eigenvalue weighted by Gasteiger charge is 2.34. The molecule has 0 saturated heterocycles. The highest BCUT2D eigenvalue weighted by atomic mass is 19.4. The first-order valence-corrected chi connectivity index (χ1v) is 8.04. The fraction of sp³-hybridized carbons (Fsp3) is 0.158. The number of halogens is 4. The highest BCUT2D eigenvalue weighted by Crippen LogP contribution is 2.33. The van der Waals surface area contributed by atoms with Crippen molar-refractivity contribution in [3.05, 3.63) is 65.6 Å². The second-order valence-corrected chi connectivity index (χ2v) is 6.02. The second-order valence-electron chi connectivity index (χ2n) is 6.02. The Morgan fingerprint density at radius 1 is 1.25 bits per heavy atom. The molecule has 3 rings (SSSR count). The normalized spacial score (nSPS) is 12.6. The van der Waals surface area contributed by atoms with Crippen LogP contribution in [-0.2, 0) is 17.5 Å². The van der Waals surface area contributed by atoms with Gasteiger partial charge in [0.1, 0.15) is 5.82 Å². The lowest BCUT2D eigenvalue weighted by Crippen LogP contribution is -2.31. The van der Waals surface area contributed by atoms with Gasteiger partial charge in [0, 0.05) is 17.3 Å². The molecule has 144 valence electrons. The van der Waals surface area contributed by atoms with E-state index in [9.17, 15) is 27.5 Å². The van der Waals surface area contributed by atoms with Crippen molar-refractivity contribution < 1.29 is 27.5 Å². The number of rotatable bonds is 4. The molecule has 2 N–H and O–H groups in total. The number of carbonyl (C=O) groups excluding carboxylic acids is 1. The van der Waals surface area contributed by atoms with Crippen LogP contribution in [0.1, 0.15) is 11.1 Å². The van der Waals surface area contributed by atoms with Gasteiger partial charge in [-0.1, -0.05) is 12.1 Å². The van der Waals surface area contributed by atoms with Crippen molar-refractivity contribution in [3.8, 4) is 6.07 Å². The Labute approximate surface area is 156 Å². The molecule has 1 amide bonds. The van der Waals surface area contributed by atoms with E-state index in [1.807, 2.05) is 0 Å². The summed E-state index contributed by atoms with van der Waals surface area (Å²) in [6.07, 6.45) is -4.92. The molecule has 1 aromatic heterocycles. The molecule has 5 nitrogen and oxygen atoms in total. The summed E-state index contributed by atoms with van der Waals surface area (Å²) in [6, 6.07) is 10.1. The van der Waals surface area contributed by atoms with E-state index < -0.39 is 35.1 Å². The first-order chi connectivity index (χ1) is 13.2. The van der Waals surface area contributed by atoms with Crippen LogP contribution in [0.15, 0.2) is 48.7 Å². The number of hydrogen-bond donors (Lipinski definition) is 2. The van der Waals surface area contributed by atoms with Gasteiger partial charge >= 0.3 is 6.18 Å². The summed E-state index contributed by atoms with van der Waals surface area (Å²) in [4.78, 5) is 12.2. The van der Waals surface area contributed by atoms with Crippen LogP contribution in [-0.4, -0.2) is 21.7 Å². The molecule has 9 heteroatoms. The number of para-hydroxylation sites is 1. The smallest absolute Gasteiger partial charge is 0.381 e. The van der Waals surface area contributed by atoms with Gasteiger partial charge in [-0.15, -0.1) is 0 Å². The standard InChI is InChI=1S/C19H13F4N3O2/c20-15-3-1-2-11-6-7-26(17(11)15)10-16(27)18(28)25-13-5-4-12(9-24)14(8-13)19(21,22)23/h1-8,16,27H,10H2,(H,25,28). The number of aromatic nitrogens is 1. The van der Waals surface area contributed by atoms with Crippen LogP contribution < -0.4 is 5.32 Å². The van der Waals surface area contributed by atoms with Gasteiger partial charge in [0.15, 0.2) is 6.10 Å². The molecule has 3 aromatic rings. The zero-order chi connectivity index (χ0) is 20.5. The number of hydrogen-bond acceptors (Lipinski definition) is 3. The number of anilines is 1. The van der Waals surface area contributed by atoms with E-state index in [4.69, 9.17) is 5.26 Å². The minimum absolute atomic E-state index is 0.201. The Balaban J connectivity index is 1.78. The Hall–Kier alpha value is -3.38. The van der Waals surface area contributed by atoms with E-state index in [0.717, 1.165) is 12.1 Å². The van der Waals surface area contributed by atoms with Crippen molar-refractivity contribution in [3.63, 3.8) is 0 Å². The lowest BCUT2D eigenvalue weighted by atomic mass is 10.1. The summed E-state index contributed by atoms with van der Waals surface area (Å²) in [5, 5.41) is 21.6.